The minimum absolute atomic E-state index is 0.0953. The second-order valence-corrected chi connectivity index (χ2v) is 8.52. The van der Waals surface area contributed by atoms with Crippen LogP contribution in [0.3, 0.4) is 0 Å². The number of anilines is 2. The maximum absolute atomic E-state index is 13.3. The molecule has 174 valence electrons. The molecule has 0 saturated carbocycles. The van der Waals surface area contributed by atoms with Crippen LogP contribution in [0.2, 0.25) is 5.02 Å². The van der Waals surface area contributed by atoms with Crippen LogP contribution in [0.5, 0.6) is 0 Å². The van der Waals surface area contributed by atoms with Gasteiger partial charge in [0, 0.05) is 24.1 Å². The number of nitrogens with zero attached hydrogens (tertiary/aromatic N) is 1. The number of halogens is 2. The molecule has 2 aromatic carbocycles. The summed E-state index contributed by atoms with van der Waals surface area (Å²) in [5.41, 5.74) is 2.65. The minimum atomic E-state index is -0.575. The topological polar surface area (TPSA) is 82.7 Å². The first kappa shape index (κ1) is 24.5. The number of hydrogen-bond acceptors (Lipinski definition) is 4. The normalized spacial score (nSPS) is 15.9. The lowest BCUT2D eigenvalue weighted by Gasteiger charge is -2.35. The van der Waals surface area contributed by atoms with E-state index in [1.165, 1.54) is 18.2 Å². The van der Waals surface area contributed by atoms with Crippen LogP contribution in [0.4, 0.5) is 20.6 Å². The molecule has 0 aromatic heterocycles. The van der Waals surface area contributed by atoms with Gasteiger partial charge in [0.2, 0.25) is 0 Å². The van der Waals surface area contributed by atoms with Crippen LogP contribution >= 0.6 is 23.8 Å². The summed E-state index contributed by atoms with van der Waals surface area (Å²) in [6.07, 6.45) is -0.283. The Labute approximate surface area is 201 Å². The molecule has 7 nitrogen and oxygen atoms in total. The van der Waals surface area contributed by atoms with E-state index in [2.05, 4.69) is 16.0 Å². The van der Waals surface area contributed by atoms with Gasteiger partial charge in [0.1, 0.15) is 5.82 Å². The van der Waals surface area contributed by atoms with Crippen LogP contribution in [-0.4, -0.2) is 35.2 Å². The lowest BCUT2D eigenvalue weighted by molar-refractivity contribution is -0.143. The van der Waals surface area contributed by atoms with Gasteiger partial charge in [-0.25, -0.2) is 14.0 Å². The average Bonchev–Trinajstić information content (AvgIpc) is 2.74. The third kappa shape index (κ3) is 5.80. The number of nitrogens with one attached hydrogen (secondary N) is 3. The van der Waals surface area contributed by atoms with E-state index in [0.29, 0.717) is 33.3 Å². The summed E-state index contributed by atoms with van der Waals surface area (Å²) in [6.45, 7) is 5.37. The Hall–Kier alpha value is -3.17. The number of amides is 2. The second kappa shape index (κ2) is 10.2. The summed E-state index contributed by atoms with van der Waals surface area (Å²) in [7, 11) is 1.77. The third-order valence-corrected chi connectivity index (χ3v) is 5.65. The summed E-state index contributed by atoms with van der Waals surface area (Å²) < 4.78 is 18.8. The Morgan fingerprint density at radius 2 is 1.85 bits per heavy atom. The summed E-state index contributed by atoms with van der Waals surface area (Å²) in [5.74, 6) is -1.02. The lowest BCUT2D eigenvalue weighted by Crippen LogP contribution is -2.46. The molecule has 2 aromatic rings. The zero-order valence-electron chi connectivity index (χ0n) is 18.5. The molecule has 0 aliphatic carbocycles. The van der Waals surface area contributed by atoms with Crippen molar-refractivity contribution in [1.82, 2.24) is 10.2 Å². The van der Waals surface area contributed by atoms with E-state index in [1.54, 1.807) is 50.9 Å². The summed E-state index contributed by atoms with van der Waals surface area (Å²) in [4.78, 5) is 27.0. The van der Waals surface area contributed by atoms with Crippen LogP contribution in [-0.2, 0) is 9.53 Å². The fraction of sp³-hybridized carbons (Fsp3) is 0.261. The van der Waals surface area contributed by atoms with E-state index in [1.807, 2.05) is 6.07 Å². The van der Waals surface area contributed by atoms with E-state index in [0.717, 1.165) is 0 Å². The van der Waals surface area contributed by atoms with Gasteiger partial charge < -0.3 is 25.6 Å². The van der Waals surface area contributed by atoms with Gasteiger partial charge in [0.05, 0.1) is 22.7 Å². The molecular weight excluding hydrogens is 467 g/mol. The molecule has 1 atom stereocenters. The predicted octanol–water partition coefficient (Wildman–Crippen LogP) is 5.21. The fourth-order valence-corrected chi connectivity index (χ4v) is 3.73. The van der Waals surface area contributed by atoms with Gasteiger partial charge in [-0.05, 0) is 68.9 Å². The quantitative estimate of drug-likeness (QED) is 0.394. The highest BCUT2D eigenvalue weighted by molar-refractivity contribution is 7.80. The zero-order valence-corrected chi connectivity index (χ0v) is 20.1. The molecule has 1 unspecified atom stereocenters. The Balaban J connectivity index is 1.84. The van der Waals surface area contributed by atoms with Gasteiger partial charge in [-0.1, -0.05) is 23.7 Å². The van der Waals surface area contributed by atoms with Crippen LogP contribution in [0.15, 0.2) is 53.7 Å². The maximum Gasteiger partial charge on any atom is 0.338 e. The standard InChI is InChI=1S/C23H24ClFN4O3S/c1-12(2)32-21(30)19-13(3)29(4)23(33)28-20(19)14-6-5-7-15(10-14)26-22(31)27-16-8-9-18(25)17(24)11-16/h5-12,20H,1-4H3,(H,28,33)(H2,26,27,31). The molecule has 1 aliphatic rings. The molecule has 3 N–H and O–H groups in total. The molecule has 10 heteroatoms. The van der Waals surface area contributed by atoms with Gasteiger partial charge in [0.25, 0.3) is 0 Å². The number of benzene rings is 2. The van der Waals surface area contributed by atoms with Crippen molar-refractivity contribution in [3.63, 3.8) is 0 Å². The van der Waals surface area contributed by atoms with Gasteiger partial charge in [0.15, 0.2) is 5.11 Å². The predicted molar refractivity (Wildman–Crippen MR) is 131 cm³/mol. The maximum atomic E-state index is 13.3. The number of urea groups is 1. The van der Waals surface area contributed by atoms with E-state index in [9.17, 15) is 14.0 Å². The highest BCUT2D eigenvalue weighted by atomic mass is 35.5. The number of carbonyl (C=O) groups is 2. The minimum Gasteiger partial charge on any atom is -0.459 e. The van der Waals surface area contributed by atoms with E-state index in [-0.39, 0.29) is 11.1 Å². The number of hydrogen-bond donors (Lipinski definition) is 3. The summed E-state index contributed by atoms with van der Waals surface area (Å²) in [6, 6.07) is 9.81. The number of allylic oxidation sites excluding steroid dienone is 1. The van der Waals surface area contributed by atoms with Crippen molar-refractivity contribution in [2.45, 2.75) is 32.9 Å². The zero-order chi connectivity index (χ0) is 24.3. The van der Waals surface area contributed by atoms with Crippen LogP contribution in [0.1, 0.15) is 32.4 Å². The molecule has 0 spiro atoms. The Morgan fingerprint density at radius 1 is 1.18 bits per heavy atom. The third-order valence-electron chi connectivity index (χ3n) is 4.97. The first-order valence-corrected chi connectivity index (χ1v) is 10.9. The second-order valence-electron chi connectivity index (χ2n) is 7.73. The van der Waals surface area contributed by atoms with Crippen LogP contribution < -0.4 is 16.0 Å². The Morgan fingerprint density at radius 3 is 2.48 bits per heavy atom. The van der Waals surface area contributed by atoms with Crippen molar-refractivity contribution in [2.75, 3.05) is 17.7 Å². The molecule has 1 heterocycles. The fourth-order valence-electron chi connectivity index (χ4n) is 3.29. The monoisotopic (exact) mass is 490 g/mol. The smallest absolute Gasteiger partial charge is 0.338 e. The van der Waals surface area contributed by atoms with Crippen molar-refractivity contribution in [3.05, 3.63) is 70.1 Å². The van der Waals surface area contributed by atoms with Crippen molar-refractivity contribution < 1.29 is 18.7 Å². The van der Waals surface area contributed by atoms with Crippen molar-refractivity contribution in [2.24, 2.45) is 0 Å². The van der Waals surface area contributed by atoms with Gasteiger partial charge in [-0.3, -0.25) is 0 Å². The molecule has 0 radical (unpaired) electrons. The molecule has 0 fully saturated rings. The molecule has 0 saturated heterocycles. The summed E-state index contributed by atoms with van der Waals surface area (Å²) >= 11 is 11.2. The number of ether oxygens (including phenoxy) is 1. The SMILES string of the molecule is CC1=C(C(=O)OC(C)C)C(c2cccc(NC(=O)Nc3ccc(F)c(Cl)c3)c2)NC(=S)N1C. The van der Waals surface area contributed by atoms with E-state index >= 15 is 0 Å². The number of thiocarbonyl (C=S) groups is 1. The van der Waals surface area contributed by atoms with Crippen LogP contribution in [0.25, 0.3) is 0 Å². The van der Waals surface area contributed by atoms with Crippen molar-refractivity contribution in [3.8, 4) is 0 Å². The number of rotatable bonds is 5. The van der Waals surface area contributed by atoms with Crippen LogP contribution in [0, 0.1) is 5.82 Å². The van der Waals surface area contributed by atoms with Gasteiger partial charge >= 0.3 is 12.0 Å². The average molecular weight is 491 g/mol. The molecule has 33 heavy (non-hydrogen) atoms. The number of esters is 1. The van der Waals surface area contributed by atoms with Crippen molar-refractivity contribution in [1.29, 1.82) is 0 Å². The first-order chi connectivity index (χ1) is 15.6. The van der Waals surface area contributed by atoms with Gasteiger partial charge in [-0.15, -0.1) is 0 Å². The molecule has 1 aliphatic heterocycles. The summed E-state index contributed by atoms with van der Waals surface area (Å²) in [5, 5.41) is 8.85. The Bertz CT molecular complexity index is 1140. The highest BCUT2D eigenvalue weighted by Crippen LogP contribution is 2.32. The van der Waals surface area contributed by atoms with E-state index < -0.39 is 23.9 Å². The van der Waals surface area contributed by atoms with E-state index in [4.69, 9.17) is 28.6 Å². The largest absolute Gasteiger partial charge is 0.459 e. The molecule has 0 bridgehead atoms. The molecular formula is C23H24ClFN4O3S. The lowest BCUT2D eigenvalue weighted by atomic mass is 9.94. The number of carbonyl (C=O) groups excluding carboxylic acids is 2. The highest BCUT2D eigenvalue weighted by Gasteiger charge is 2.34. The Kier molecular flexibility index (Phi) is 7.55. The molecule has 2 amide bonds. The first-order valence-electron chi connectivity index (χ1n) is 10.2. The van der Waals surface area contributed by atoms with Gasteiger partial charge in [-0.2, -0.15) is 0 Å². The van der Waals surface area contributed by atoms with Crippen molar-refractivity contribution >= 4 is 52.3 Å². The molecule has 3 rings (SSSR count).